The van der Waals surface area contributed by atoms with E-state index in [1.807, 2.05) is 19.1 Å². The van der Waals surface area contributed by atoms with Gasteiger partial charge in [-0.1, -0.05) is 18.2 Å². The zero-order valence-corrected chi connectivity index (χ0v) is 10.4. The van der Waals surface area contributed by atoms with Crippen LogP contribution in [-0.2, 0) is 4.74 Å². The summed E-state index contributed by atoms with van der Waals surface area (Å²) in [6, 6.07) is 7.13. The fourth-order valence-electron chi connectivity index (χ4n) is 1.90. The molecule has 104 valence electrons. The molecule has 19 heavy (non-hydrogen) atoms. The van der Waals surface area contributed by atoms with Crippen LogP contribution in [0.25, 0.3) is 0 Å². The van der Waals surface area contributed by atoms with Gasteiger partial charge in [0, 0.05) is 18.7 Å². The molecule has 0 aliphatic carbocycles. The van der Waals surface area contributed by atoms with Crippen molar-refractivity contribution in [2.45, 2.75) is 19.2 Å². The van der Waals surface area contributed by atoms with Crippen molar-refractivity contribution in [2.24, 2.45) is 0 Å². The molecule has 0 N–H and O–H groups in total. The Kier molecular flexibility index (Phi) is 3.80. The average Bonchev–Trinajstić information content (AvgIpc) is 2.25. The molecule has 0 aromatic heterocycles. The Morgan fingerprint density at radius 3 is 2.58 bits per heavy atom. The Morgan fingerprint density at radius 1 is 1.37 bits per heavy atom. The molecule has 0 radical (unpaired) electrons. The van der Waals surface area contributed by atoms with Crippen LogP contribution in [-0.4, -0.2) is 42.8 Å². The molecule has 6 heteroatoms. The fraction of sp³-hybridized carbons (Fsp3) is 0.462. The smallest absolute Gasteiger partial charge is 0.365 e. The summed E-state index contributed by atoms with van der Waals surface area (Å²) in [5.74, 6) is -0.162. The van der Waals surface area contributed by atoms with Crippen LogP contribution in [0, 0.1) is 6.92 Å². The second-order valence-electron chi connectivity index (χ2n) is 4.57. The summed E-state index contributed by atoms with van der Waals surface area (Å²) in [6.45, 7) is 0.987. The maximum absolute atomic E-state index is 12.0. The number of alkyl halides is 3. The molecule has 1 saturated heterocycles. The van der Waals surface area contributed by atoms with Crippen molar-refractivity contribution in [1.82, 2.24) is 4.90 Å². The van der Waals surface area contributed by atoms with Gasteiger partial charge in [-0.05, 0) is 18.6 Å². The van der Waals surface area contributed by atoms with Gasteiger partial charge in [0.05, 0.1) is 6.10 Å². The van der Waals surface area contributed by atoms with E-state index in [-0.39, 0.29) is 19.0 Å². The van der Waals surface area contributed by atoms with Crippen molar-refractivity contribution < 1.29 is 22.7 Å². The number of hydrogen-bond acceptors (Lipinski definition) is 2. The lowest BCUT2D eigenvalue weighted by Gasteiger charge is -2.39. The number of carbonyl (C=O) groups excluding carboxylic acids is 1. The Morgan fingerprint density at radius 2 is 2.00 bits per heavy atom. The van der Waals surface area contributed by atoms with Crippen molar-refractivity contribution in [3.63, 3.8) is 0 Å². The second kappa shape index (κ2) is 5.21. The largest absolute Gasteiger partial charge is 0.411 e. The summed E-state index contributed by atoms with van der Waals surface area (Å²) in [6.07, 6.45) is -4.84. The predicted molar refractivity (Wildman–Crippen MR) is 62.9 cm³/mol. The van der Waals surface area contributed by atoms with E-state index < -0.39 is 18.9 Å². The number of ether oxygens (including phenoxy) is 1. The SMILES string of the molecule is Cc1ccccc1C(=O)N1CC(OCC(F)(F)F)C1. The molecule has 1 aromatic carbocycles. The minimum Gasteiger partial charge on any atom is -0.365 e. The molecule has 0 bridgehead atoms. The minimum absolute atomic E-state index is 0.162. The molecule has 1 amide bonds. The molecule has 3 nitrogen and oxygen atoms in total. The van der Waals surface area contributed by atoms with E-state index >= 15 is 0 Å². The van der Waals surface area contributed by atoms with E-state index in [1.54, 1.807) is 12.1 Å². The second-order valence-corrected chi connectivity index (χ2v) is 4.57. The van der Waals surface area contributed by atoms with Gasteiger partial charge in [-0.15, -0.1) is 0 Å². The van der Waals surface area contributed by atoms with Gasteiger partial charge in [-0.2, -0.15) is 13.2 Å². The number of benzene rings is 1. The quantitative estimate of drug-likeness (QED) is 0.846. The predicted octanol–water partition coefficient (Wildman–Crippen LogP) is 2.40. The first-order chi connectivity index (χ1) is 8.87. The molecule has 1 aliphatic heterocycles. The third-order valence-electron chi connectivity index (χ3n) is 2.99. The lowest BCUT2D eigenvalue weighted by molar-refractivity contribution is -0.196. The molecule has 1 fully saturated rings. The van der Waals surface area contributed by atoms with E-state index in [4.69, 9.17) is 0 Å². The Hall–Kier alpha value is -1.56. The molecule has 2 rings (SSSR count). The molecule has 0 atom stereocenters. The number of rotatable bonds is 3. The molecule has 1 heterocycles. The van der Waals surface area contributed by atoms with E-state index in [1.165, 1.54) is 4.90 Å². The van der Waals surface area contributed by atoms with E-state index in [0.717, 1.165) is 5.56 Å². The topological polar surface area (TPSA) is 29.5 Å². The van der Waals surface area contributed by atoms with Crippen LogP contribution in [0.5, 0.6) is 0 Å². The Labute approximate surface area is 109 Å². The van der Waals surface area contributed by atoms with Crippen LogP contribution in [0.4, 0.5) is 13.2 Å². The number of halogens is 3. The summed E-state index contributed by atoms with van der Waals surface area (Å²) in [5, 5.41) is 0. The maximum Gasteiger partial charge on any atom is 0.411 e. The monoisotopic (exact) mass is 273 g/mol. The van der Waals surface area contributed by atoms with Crippen LogP contribution < -0.4 is 0 Å². The lowest BCUT2D eigenvalue weighted by atomic mass is 10.0. The van der Waals surface area contributed by atoms with E-state index in [2.05, 4.69) is 4.74 Å². The zero-order valence-electron chi connectivity index (χ0n) is 10.4. The van der Waals surface area contributed by atoms with E-state index in [0.29, 0.717) is 5.56 Å². The third kappa shape index (κ3) is 3.47. The summed E-state index contributed by atoms with van der Waals surface area (Å²) in [5.41, 5.74) is 1.43. The van der Waals surface area contributed by atoms with Crippen molar-refractivity contribution in [1.29, 1.82) is 0 Å². The highest BCUT2D eigenvalue weighted by molar-refractivity contribution is 5.96. The maximum atomic E-state index is 12.0. The van der Waals surface area contributed by atoms with Gasteiger partial charge in [0.1, 0.15) is 6.61 Å². The van der Waals surface area contributed by atoms with Gasteiger partial charge in [0.2, 0.25) is 0 Å². The normalized spacial score (nSPS) is 16.3. The summed E-state index contributed by atoms with van der Waals surface area (Å²) < 4.78 is 40.5. The standard InChI is InChI=1S/C13H14F3NO2/c1-9-4-2-3-5-11(9)12(18)17-6-10(7-17)19-8-13(14,15)16/h2-5,10H,6-8H2,1H3. The van der Waals surface area contributed by atoms with Crippen LogP contribution in [0.1, 0.15) is 15.9 Å². The number of aryl methyl sites for hydroxylation is 1. The van der Waals surface area contributed by atoms with Crippen LogP contribution in [0.2, 0.25) is 0 Å². The first-order valence-corrected chi connectivity index (χ1v) is 5.90. The molecule has 0 unspecified atom stereocenters. The fourth-order valence-corrected chi connectivity index (χ4v) is 1.90. The molecule has 0 spiro atoms. The summed E-state index contributed by atoms with van der Waals surface area (Å²) in [7, 11) is 0. The third-order valence-corrected chi connectivity index (χ3v) is 2.99. The first-order valence-electron chi connectivity index (χ1n) is 5.90. The van der Waals surface area contributed by atoms with Gasteiger partial charge in [-0.3, -0.25) is 4.79 Å². The first kappa shape index (κ1) is 13.9. The van der Waals surface area contributed by atoms with Crippen molar-refractivity contribution in [3.8, 4) is 0 Å². The molecule has 1 aliphatic rings. The van der Waals surface area contributed by atoms with Gasteiger partial charge in [0.25, 0.3) is 5.91 Å². The number of nitrogens with zero attached hydrogens (tertiary/aromatic N) is 1. The summed E-state index contributed by atoms with van der Waals surface area (Å²) in [4.78, 5) is 13.5. The van der Waals surface area contributed by atoms with Crippen molar-refractivity contribution in [2.75, 3.05) is 19.7 Å². The van der Waals surface area contributed by atoms with Crippen molar-refractivity contribution >= 4 is 5.91 Å². The summed E-state index contributed by atoms with van der Waals surface area (Å²) >= 11 is 0. The van der Waals surface area contributed by atoms with Gasteiger partial charge >= 0.3 is 6.18 Å². The van der Waals surface area contributed by atoms with Crippen LogP contribution in [0.3, 0.4) is 0 Å². The molecule has 1 aromatic rings. The highest BCUT2D eigenvalue weighted by Crippen LogP contribution is 2.21. The van der Waals surface area contributed by atoms with Gasteiger partial charge in [0.15, 0.2) is 0 Å². The number of likely N-dealkylation sites (tertiary alicyclic amines) is 1. The zero-order chi connectivity index (χ0) is 14.0. The number of carbonyl (C=O) groups is 1. The number of amides is 1. The van der Waals surface area contributed by atoms with Crippen LogP contribution >= 0.6 is 0 Å². The number of hydrogen-bond donors (Lipinski definition) is 0. The van der Waals surface area contributed by atoms with Gasteiger partial charge < -0.3 is 9.64 Å². The van der Waals surface area contributed by atoms with Gasteiger partial charge in [-0.25, -0.2) is 0 Å². The molecular weight excluding hydrogens is 259 g/mol. The average molecular weight is 273 g/mol. The minimum atomic E-state index is -4.32. The molecule has 0 saturated carbocycles. The van der Waals surface area contributed by atoms with Crippen LogP contribution in [0.15, 0.2) is 24.3 Å². The highest BCUT2D eigenvalue weighted by atomic mass is 19.4. The van der Waals surface area contributed by atoms with E-state index in [9.17, 15) is 18.0 Å². The highest BCUT2D eigenvalue weighted by Gasteiger charge is 2.36. The lowest BCUT2D eigenvalue weighted by Crippen LogP contribution is -2.55. The Balaban J connectivity index is 1.84. The molecular formula is C13H14F3NO2. The van der Waals surface area contributed by atoms with Crippen molar-refractivity contribution in [3.05, 3.63) is 35.4 Å². The Bertz CT molecular complexity index is 467.